The summed E-state index contributed by atoms with van der Waals surface area (Å²) in [4.78, 5) is 18.4. The molecule has 38 heavy (non-hydrogen) atoms. The molecular weight excluding hydrogens is 476 g/mol. The van der Waals surface area contributed by atoms with E-state index in [-0.39, 0.29) is 5.92 Å². The number of imidazole rings is 1. The average Bonchev–Trinajstić information content (AvgIpc) is 3.49. The van der Waals surface area contributed by atoms with Gasteiger partial charge in [-0.2, -0.15) is 5.10 Å². The first-order valence-electron chi connectivity index (χ1n) is 12.7. The number of pyridine rings is 3. The van der Waals surface area contributed by atoms with Gasteiger partial charge >= 0.3 is 0 Å². The van der Waals surface area contributed by atoms with Gasteiger partial charge in [0.05, 0.1) is 29.5 Å². The SMILES string of the molecule is C#C[C@H]1CCNc2c1ncc(-c1cc3cc(Nc4cc5n(n4)Cc4nccn4CC5)ncc3c(N)n1)c2C. The van der Waals surface area contributed by atoms with Gasteiger partial charge in [-0.15, -0.1) is 6.42 Å². The van der Waals surface area contributed by atoms with E-state index in [1.807, 2.05) is 35.4 Å². The van der Waals surface area contributed by atoms with Gasteiger partial charge in [0.1, 0.15) is 17.5 Å². The highest BCUT2D eigenvalue weighted by Crippen LogP contribution is 2.37. The van der Waals surface area contributed by atoms with Crippen LogP contribution >= 0.6 is 0 Å². The molecule has 188 valence electrons. The molecule has 2 aliphatic rings. The Morgan fingerprint density at radius 3 is 2.97 bits per heavy atom. The molecule has 5 aromatic heterocycles. The molecule has 5 aromatic rings. The lowest BCUT2D eigenvalue weighted by Crippen LogP contribution is -2.18. The maximum atomic E-state index is 6.38. The number of fused-ring (bicyclic) bond motifs is 4. The van der Waals surface area contributed by atoms with Crippen molar-refractivity contribution in [2.75, 3.05) is 22.9 Å². The Morgan fingerprint density at radius 2 is 2.08 bits per heavy atom. The lowest BCUT2D eigenvalue weighted by molar-refractivity contribution is 0.641. The molecule has 7 rings (SSSR count). The number of anilines is 4. The fourth-order valence-corrected chi connectivity index (χ4v) is 5.44. The second kappa shape index (κ2) is 8.59. The van der Waals surface area contributed by atoms with Crippen molar-refractivity contribution in [3.8, 4) is 23.6 Å². The number of terminal acetylenes is 1. The fourth-order valence-electron chi connectivity index (χ4n) is 5.44. The van der Waals surface area contributed by atoms with E-state index in [0.717, 1.165) is 82.2 Å². The fraction of sp³-hybridized carbons (Fsp3) is 0.250. The normalized spacial score (nSPS) is 16.1. The van der Waals surface area contributed by atoms with Crippen molar-refractivity contribution in [1.29, 1.82) is 0 Å². The Bertz CT molecular complexity index is 1760. The summed E-state index contributed by atoms with van der Waals surface area (Å²) < 4.78 is 4.17. The van der Waals surface area contributed by atoms with Gasteiger partial charge in [-0.05, 0) is 36.4 Å². The standard InChI is InChI=1S/C28H26N10/c1-3-17-4-6-31-26-16(2)20(13-33-27(17)26)22-10-18-11-23(32-14-21(18)28(29)34-22)35-24-12-19-5-8-37-9-7-30-25(37)15-38(19)36-24/h1,7,9-14,17,31H,4-6,8,15H2,2H3,(H2,29,34)(H,32,35,36)/t17-/m0/s1. The third kappa shape index (κ3) is 3.63. The number of nitrogens with one attached hydrogen (secondary N) is 2. The van der Waals surface area contributed by atoms with Crippen LogP contribution in [0.3, 0.4) is 0 Å². The van der Waals surface area contributed by atoms with Gasteiger partial charge in [-0.1, -0.05) is 5.92 Å². The lowest BCUT2D eigenvalue weighted by atomic mass is 9.92. The first-order chi connectivity index (χ1) is 18.6. The molecule has 7 heterocycles. The lowest BCUT2D eigenvalue weighted by Gasteiger charge is -2.25. The molecule has 0 amide bonds. The van der Waals surface area contributed by atoms with Crippen LogP contribution in [0.1, 0.15) is 35.1 Å². The van der Waals surface area contributed by atoms with E-state index in [9.17, 15) is 0 Å². The van der Waals surface area contributed by atoms with Crippen LogP contribution in [0.25, 0.3) is 22.0 Å². The van der Waals surface area contributed by atoms with Gasteiger partial charge < -0.3 is 20.9 Å². The van der Waals surface area contributed by atoms with Crippen molar-refractivity contribution in [2.45, 2.75) is 38.8 Å². The van der Waals surface area contributed by atoms with Crippen molar-refractivity contribution in [2.24, 2.45) is 0 Å². The first kappa shape index (κ1) is 22.3. The van der Waals surface area contributed by atoms with E-state index in [4.69, 9.17) is 22.2 Å². The molecule has 0 saturated carbocycles. The molecule has 10 nitrogen and oxygen atoms in total. The Balaban J connectivity index is 1.22. The van der Waals surface area contributed by atoms with Crippen molar-refractivity contribution in [1.82, 2.24) is 34.3 Å². The van der Waals surface area contributed by atoms with E-state index < -0.39 is 0 Å². The number of aromatic nitrogens is 7. The van der Waals surface area contributed by atoms with Crippen molar-refractivity contribution >= 4 is 33.9 Å². The van der Waals surface area contributed by atoms with E-state index in [1.54, 1.807) is 6.20 Å². The van der Waals surface area contributed by atoms with Gasteiger partial charge in [0.2, 0.25) is 0 Å². The van der Waals surface area contributed by atoms with Crippen molar-refractivity contribution < 1.29 is 0 Å². The zero-order valence-electron chi connectivity index (χ0n) is 20.9. The minimum absolute atomic E-state index is 0.0214. The third-order valence-electron chi connectivity index (χ3n) is 7.48. The van der Waals surface area contributed by atoms with Crippen LogP contribution in [0.15, 0.2) is 43.0 Å². The zero-order chi connectivity index (χ0) is 25.8. The highest BCUT2D eigenvalue weighted by Gasteiger charge is 2.23. The number of nitrogens with two attached hydrogens (primary N) is 1. The summed E-state index contributed by atoms with van der Waals surface area (Å²) >= 11 is 0. The van der Waals surface area contributed by atoms with Gasteiger partial charge in [0.25, 0.3) is 0 Å². The van der Waals surface area contributed by atoms with E-state index in [1.165, 1.54) is 0 Å². The summed E-state index contributed by atoms with van der Waals surface area (Å²) in [6.07, 6.45) is 15.0. The molecule has 0 aliphatic carbocycles. The molecule has 0 bridgehead atoms. The maximum Gasteiger partial charge on any atom is 0.153 e. The van der Waals surface area contributed by atoms with E-state index >= 15 is 0 Å². The van der Waals surface area contributed by atoms with E-state index in [0.29, 0.717) is 18.2 Å². The van der Waals surface area contributed by atoms with Gasteiger partial charge in [0, 0.05) is 67.0 Å². The number of hydrogen-bond donors (Lipinski definition) is 3. The highest BCUT2D eigenvalue weighted by molar-refractivity contribution is 5.95. The molecule has 0 fully saturated rings. The number of nitrogen functional groups attached to an aromatic ring is 1. The molecule has 0 spiro atoms. The molecule has 0 radical (unpaired) electrons. The number of hydrogen-bond acceptors (Lipinski definition) is 8. The first-order valence-corrected chi connectivity index (χ1v) is 12.7. The van der Waals surface area contributed by atoms with Crippen LogP contribution in [0.4, 0.5) is 23.1 Å². The quantitative estimate of drug-likeness (QED) is 0.318. The molecule has 1 atom stereocenters. The predicted octanol–water partition coefficient (Wildman–Crippen LogP) is 3.86. The summed E-state index contributed by atoms with van der Waals surface area (Å²) in [7, 11) is 0. The molecule has 0 aromatic carbocycles. The monoisotopic (exact) mass is 502 g/mol. The van der Waals surface area contributed by atoms with Gasteiger partial charge in [-0.3, -0.25) is 9.67 Å². The highest BCUT2D eigenvalue weighted by atomic mass is 15.3. The Hall–Kier alpha value is -4.91. The minimum Gasteiger partial charge on any atom is -0.383 e. The largest absolute Gasteiger partial charge is 0.383 e. The minimum atomic E-state index is 0.0214. The third-order valence-corrected chi connectivity index (χ3v) is 7.48. The van der Waals surface area contributed by atoms with Crippen molar-refractivity contribution in [3.05, 3.63) is 65.8 Å². The molecule has 0 saturated heterocycles. The summed E-state index contributed by atoms with van der Waals surface area (Å²) in [5.74, 6) is 5.75. The molecular formula is C28H26N10. The Morgan fingerprint density at radius 1 is 1.16 bits per heavy atom. The van der Waals surface area contributed by atoms with Crippen molar-refractivity contribution in [3.63, 3.8) is 0 Å². The van der Waals surface area contributed by atoms with Gasteiger partial charge in [-0.25, -0.2) is 15.0 Å². The molecule has 2 aliphatic heterocycles. The molecule has 10 heteroatoms. The summed E-state index contributed by atoms with van der Waals surface area (Å²) in [6.45, 7) is 4.42. The Kier molecular flexibility index (Phi) is 5.04. The number of rotatable bonds is 3. The smallest absolute Gasteiger partial charge is 0.153 e. The zero-order valence-corrected chi connectivity index (χ0v) is 20.9. The van der Waals surface area contributed by atoms with Gasteiger partial charge in [0.15, 0.2) is 5.82 Å². The number of aryl methyl sites for hydroxylation is 2. The maximum absolute atomic E-state index is 6.38. The van der Waals surface area contributed by atoms with E-state index in [2.05, 4.69) is 49.1 Å². The molecule has 4 N–H and O–H groups in total. The average molecular weight is 503 g/mol. The summed E-state index contributed by atoms with van der Waals surface area (Å²) in [5, 5.41) is 13.3. The predicted molar refractivity (Wildman–Crippen MR) is 147 cm³/mol. The topological polar surface area (TPSA) is 124 Å². The van der Waals surface area contributed by atoms with Crippen LogP contribution in [-0.4, -0.2) is 40.8 Å². The second-order valence-electron chi connectivity index (χ2n) is 9.77. The van der Waals surface area contributed by atoms with Crippen LogP contribution in [0.2, 0.25) is 0 Å². The second-order valence-corrected chi connectivity index (χ2v) is 9.77. The summed E-state index contributed by atoms with van der Waals surface area (Å²) in [5.41, 5.74) is 12.2. The summed E-state index contributed by atoms with van der Waals surface area (Å²) in [6, 6.07) is 6.07. The molecule has 0 unspecified atom stereocenters. The van der Waals surface area contributed by atoms with Crippen LogP contribution < -0.4 is 16.4 Å². The Labute approximate surface area is 219 Å². The van der Waals surface area contributed by atoms with Crippen LogP contribution in [0.5, 0.6) is 0 Å². The number of nitrogens with zero attached hydrogens (tertiary/aromatic N) is 7. The van der Waals surface area contributed by atoms with Crippen LogP contribution in [0, 0.1) is 19.3 Å². The van der Waals surface area contributed by atoms with Crippen LogP contribution in [-0.2, 0) is 19.5 Å².